The molecule has 0 spiro atoms. The molecule has 0 bridgehead atoms. The van der Waals surface area contributed by atoms with E-state index in [2.05, 4.69) is 6.07 Å². The second kappa shape index (κ2) is 4.28. The van der Waals surface area contributed by atoms with Gasteiger partial charge in [0.2, 0.25) is 0 Å². The van der Waals surface area contributed by atoms with Gasteiger partial charge in [-0.1, -0.05) is 12.1 Å². The fraction of sp³-hybridized carbons (Fsp3) is 0.200. The van der Waals surface area contributed by atoms with E-state index in [1.54, 1.807) is 31.3 Å². The van der Waals surface area contributed by atoms with E-state index in [4.69, 9.17) is 11.0 Å². The highest BCUT2D eigenvalue weighted by atomic mass is 16.2. The van der Waals surface area contributed by atoms with Crippen LogP contribution in [0, 0.1) is 11.3 Å². The largest absolute Gasteiger partial charge is 0.351 e. The van der Waals surface area contributed by atoms with Crippen molar-refractivity contribution in [1.29, 1.82) is 5.26 Å². The van der Waals surface area contributed by atoms with Gasteiger partial charge in [0.25, 0.3) is 0 Å². The zero-order chi connectivity index (χ0) is 10.6. The Balaban J connectivity index is 2.84. The topological polar surface area (TPSA) is 70.1 Å². The number of amides is 2. The molecule has 4 nitrogen and oxygen atoms in total. The molecule has 4 heteroatoms. The molecule has 1 rings (SSSR count). The van der Waals surface area contributed by atoms with Crippen molar-refractivity contribution in [2.75, 3.05) is 11.9 Å². The van der Waals surface area contributed by atoms with Gasteiger partial charge < -0.3 is 5.73 Å². The van der Waals surface area contributed by atoms with Gasteiger partial charge in [-0.2, -0.15) is 5.26 Å². The Kier molecular flexibility index (Phi) is 3.08. The summed E-state index contributed by atoms with van der Waals surface area (Å²) in [5, 5.41) is 8.45. The van der Waals surface area contributed by atoms with Gasteiger partial charge in [0, 0.05) is 12.7 Å². The van der Waals surface area contributed by atoms with Gasteiger partial charge in [0.15, 0.2) is 0 Å². The van der Waals surface area contributed by atoms with Crippen LogP contribution in [-0.2, 0) is 6.42 Å². The van der Waals surface area contributed by atoms with Gasteiger partial charge >= 0.3 is 6.03 Å². The van der Waals surface area contributed by atoms with Crippen LogP contribution in [-0.4, -0.2) is 13.1 Å². The van der Waals surface area contributed by atoms with E-state index in [-0.39, 0.29) is 0 Å². The van der Waals surface area contributed by atoms with Crippen LogP contribution < -0.4 is 10.6 Å². The third-order valence-corrected chi connectivity index (χ3v) is 1.94. The summed E-state index contributed by atoms with van der Waals surface area (Å²) in [5.41, 5.74) is 6.75. The summed E-state index contributed by atoms with van der Waals surface area (Å²) in [4.78, 5) is 12.1. The first-order chi connectivity index (χ1) is 6.65. The number of carbonyl (C=O) groups is 1. The van der Waals surface area contributed by atoms with Crippen molar-refractivity contribution in [2.45, 2.75) is 6.42 Å². The Bertz CT molecular complexity index is 364. The predicted molar refractivity (Wildman–Crippen MR) is 53.7 cm³/mol. The molecule has 0 saturated heterocycles. The Labute approximate surface area is 82.5 Å². The summed E-state index contributed by atoms with van der Waals surface area (Å²) in [7, 11) is 1.60. The number of hydrogen-bond acceptors (Lipinski definition) is 2. The first-order valence-electron chi connectivity index (χ1n) is 4.14. The SMILES string of the molecule is CN(C(N)=O)c1ccc(CC#N)cc1. The molecule has 0 heterocycles. The third kappa shape index (κ3) is 2.23. The van der Waals surface area contributed by atoms with Crippen molar-refractivity contribution in [2.24, 2.45) is 5.73 Å². The number of urea groups is 1. The summed E-state index contributed by atoms with van der Waals surface area (Å²) < 4.78 is 0. The van der Waals surface area contributed by atoms with Crippen molar-refractivity contribution < 1.29 is 4.79 Å². The monoisotopic (exact) mass is 189 g/mol. The lowest BCUT2D eigenvalue weighted by Crippen LogP contribution is -2.31. The van der Waals surface area contributed by atoms with Gasteiger partial charge in [-0.05, 0) is 17.7 Å². The average molecular weight is 189 g/mol. The summed E-state index contributed by atoms with van der Waals surface area (Å²) >= 11 is 0. The van der Waals surface area contributed by atoms with E-state index in [1.165, 1.54) is 4.90 Å². The second-order valence-corrected chi connectivity index (χ2v) is 2.90. The molecular formula is C10H11N3O. The van der Waals surface area contributed by atoms with Crippen LogP contribution in [0.3, 0.4) is 0 Å². The number of hydrogen-bond donors (Lipinski definition) is 1. The van der Waals surface area contributed by atoms with Gasteiger partial charge in [-0.15, -0.1) is 0 Å². The highest BCUT2D eigenvalue weighted by molar-refractivity contribution is 5.89. The van der Waals surface area contributed by atoms with E-state index in [1.807, 2.05) is 0 Å². The molecule has 0 fully saturated rings. The summed E-state index contributed by atoms with van der Waals surface area (Å²) in [6.07, 6.45) is 0.376. The van der Waals surface area contributed by atoms with Crippen LogP contribution in [0.15, 0.2) is 24.3 Å². The second-order valence-electron chi connectivity index (χ2n) is 2.90. The van der Waals surface area contributed by atoms with Gasteiger partial charge in [0.05, 0.1) is 12.5 Å². The molecule has 0 atom stereocenters. The van der Waals surface area contributed by atoms with Gasteiger partial charge in [-0.25, -0.2) is 4.79 Å². The van der Waals surface area contributed by atoms with Crippen LogP contribution in [0.1, 0.15) is 5.56 Å². The first kappa shape index (κ1) is 10.1. The van der Waals surface area contributed by atoms with E-state index in [0.717, 1.165) is 11.3 Å². The fourth-order valence-electron chi connectivity index (χ4n) is 1.06. The lowest BCUT2D eigenvalue weighted by Gasteiger charge is -2.13. The Morgan fingerprint density at radius 2 is 2.07 bits per heavy atom. The van der Waals surface area contributed by atoms with E-state index in [0.29, 0.717) is 6.42 Å². The Morgan fingerprint density at radius 3 is 2.50 bits per heavy atom. The number of carbonyl (C=O) groups excluding carboxylic acids is 1. The van der Waals surface area contributed by atoms with E-state index >= 15 is 0 Å². The van der Waals surface area contributed by atoms with Crippen LogP contribution >= 0.6 is 0 Å². The number of benzene rings is 1. The molecule has 2 amide bonds. The van der Waals surface area contributed by atoms with Crippen LogP contribution in [0.5, 0.6) is 0 Å². The molecule has 14 heavy (non-hydrogen) atoms. The van der Waals surface area contributed by atoms with E-state index in [9.17, 15) is 4.79 Å². The standard InChI is InChI=1S/C10H11N3O/c1-13(10(12)14)9-4-2-8(3-5-9)6-7-11/h2-5H,6H2,1H3,(H2,12,14). The average Bonchev–Trinajstić information content (AvgIpc) is 2.18. The van der Waals surface area contributed by atoms with Crippen molar-refractivity contribution in [3.05, 3.63) is 29.8 Å². The molecule has 72 valence electrons. The molecule has 1 aromatic carbocycles. The van der Waals surface area contributed by atoms with Crippen molar-refractivity contribution in [3.8, 4) is 6.07 Å². The lowest BCUT2D eigenvalue weighted by atomic mass is 10.1. The molecule has 2 N–H and O–H groups in total. The van der Waals surface area contributed by atoms with Crippen molar-refractivity contribution in [1.82, 2.24) is 0 Å². The Hall–Kier alpha value is -2.02. The minimum Gasteiger partial charge on any atom is -0.351 e. The number of rotatable bonds is 2. The maximum Gasteiger partial charge on any atom is 0.318 e. The van der Waals surface area contributed by atoms with Crippen molar-refractivity contribution >= 4 is 11.7 Å². The number of nitrogens with zero attached hydrogens (tertiary/aromatic N) is 2. The molecule has 0 aliphatic heterocycles. The zero-order valence-electron chi connectivity index (χ0n) is 7.90. The van der Waals surface area contributed by atoms with Crippen LogP contribution in [0.2, 0.25) is 0 Å². The fourth-order valence-corrected chi connectivity index (χ4v) is 1.06. The van der Waals surface area contributed by atoms with Gasteiger partial charge in [0.1, 0.15) is 0 Å². The van der Waals surface area contributed by atoms with E-state index < -0.39 is 6.03 Å². The summed E-state index contributed by atoms with van der Waals surface area (Å²) in [6, 6.07) is 8.68. The van der Waals surface area contributed by atoms with Crippen molar-refractivity contribution in [3.63, 3.8) is 0 Å². The molecule has 1 aromatic rings. The summed E-state index contributed by atoms with van der Waals surface area (Å²) in [6.45, 7) is 0. The highest BCUT2D eigenvalue weighted by Crippen LogP contribution is 2.13. The zero-order valence-corrected chi connectivity index (χ0v) is 7.90. The minimum atomic E-state index is -0.502. The lowest BCUT2D eigenvalue weighted by molar-refractivity contribution is 0.255. The molecule has 0 radical (unpaired) electrons. The number of primary amides is 1. The Morgan fingerprint density at radius 1 is 1.50 bits per heavy atom. The minimum absolute atomic E-state index is 0.376. The molecule has 0 aliphatic rings. The molecule has 0 aromatic heterocycles. The van der Waals surface area contributed by atoms with Crippen LogP contribution in [0.25, 0.3) is 0 Å². The molecule has 0 saturated carbocycles. The molecule has 0 aliphatic carbocycles. The third-order valence-electron chi connectivity index (χ3n) is 1.94. The number of nitriles is 1. The maximum atomic E-state index is 10.8. The molecular weight excluding hydrogens is 178 g/mol. The maximum absolute atomic E-state index is 10.8. The van der Waals surface area contributed by atoms with Crippen LogP contribution in [0.4, 0.5) is 10.5 Å². The smallest absolute Gasteiger partial charge is 0.318 e. The number of anilines is 1. The van der Waals surface area contributed by atoms with Gasteiger partial charge in [-0.3, -0.25) is 4.90 Å². The predicted octanol–water partition coefficient (Wildman–Crippen LogP) is 1.27. The highest BCUT2D eigenvalue weighted by Gasteiger charge is 2.04. The first-order valence-corrected chi connectivity index (χ1v) is 4.14. The normalized spacial score (nSPS) is 9.14. The summed E-state index contributed by atoms with van der Waals surface area (Å²) in [5.74, 6) is 0. The number of nitrogens with two attached hydrogens (primary N) is 1. The quantitative estimate of drug-likeness (QED) is 0.761. The molecule has 0 unspecified atom stereocenters.